The van der Waals surface area contributed by atoms with Crippen LogP contribution in [0.5, 0.6) is 0 Å². The lowest BCUT2D eigenvalue weighted by atomic mass is 10.1. The number of anilines is 2. The Bertz CT molecular complexity index is 861. The number of benzene rings is 1. The van der Waals surface area contributed by atoms with Gasteiger partial charge in [-0.25, -0.2) is 19.6 Å². The summed E-state index contributed by atoms with van der Waals surface area (Å²) in [7, 11) is 3.17. The number of ether oxygens (including phenoxy) is 2. The van der Waals surface area contributed by atoms with Gasteiger partial charge in [-0.2, -0.15) is 0 Å². The molecule has 0 aliphatic heterocycles. The van der Waals surface area contributed by atoms with Crippen LogP contribution in [-0.4, -0.2) is 47.8 Å². The highest BCUT2D eigenvalue weighted by Crippen LogP contribution is 2.20. The van der Waals surface area contributed by atoms with Crippen LogP contribution in [0, 0.1) is 0 Å². The molecule has 0 radical (unpaired) electrons. The first-order valence-electron chi connectivity index (χ1n) is 9.54. The normalized spacial score (nSPS) is 12.3. The van der Waals surface area contributed by atoms with Crippen LogP contribution in [0.3, 0.4) is 0 Å². The highest BCUT2D eigenvalue weighted by Gasteiger charge is 2.23. The van der Waals surface area contributed by atoms with Crippen LogP contribution in [0.25, 0.3) is 6.08 Å². The van der Waals surface area contributed by atoms with Crippen molar-refractivity contribution in [3.05, 3.63) is 54.4 Å². The summed E-state index contributed by atoms with van der Waals surface area (Å²) in [5.74, 6) is 0.0697. The van der Waals surface area contributed by atoms with E-state index in [1.807, 2.05) is 42.3 Å². The van der Waals surface area contributed by atoms with Gasteiger partial charge < -0.3 is 19.7 Å². The number of nitrogens with one attached hydrogen (secondary N) is 1. The van der Waals surface area contributed by atoms with Crippen LogP contribution < -0.4 is 10.2 Å². The van der Waals surface area contributed by atoms with Gasteiger partial charge in [-0.15, -0.1) is 0 Å². The van der Waals surface area contributed by atoms with E-state index in [0.29, 0.717) is 5.95 Å². The maximum Gasteiger partial charge on any atom is 0.408 e. The largest absolute Gasteiger partial charge is 0.467 e. The second kappa shape index (κ2) is 10.4. The predicted molar refractivity (Wildman–Crippen MR) is 115 cm³/mol. The van der Waals surface area contributed by atoms with Gasteiger partial charge in [0.1, 0.15) is 11.6 Å². The fraction of sp³-hybridized carbons (Fsp3) is 0.364. The van der Waals surface area contributed by atoms with Crippen molar-refractivity contribution in [2.75, 3.05) is 19.1 Å². The van der Waals surface area contributed by atoms with Gasteiger partial charge in [-0.05, 0) is 51.0 Å². The number of esters is 1. The number of carbonyl (C=O) groups excluding carboxylic acids is 2. The maximum absolute atomic E-state index is 12.0. The number of methoxy groups -OCH3 is 1. The van der Waals surface area contributed by atoms with Crippen LogP contribution in [0.2, 0.25) is 0 Å². The molecule has 30 heavy (non-hydrogen) atoms. The van der Waals surface area contributed by atoms with E-state index in [1.54, 1.807) is 45.3 Å². The Kier molecular flexibility index (Phi) is 7.91. The Hall–Kier alpha value is -3.42. The minimum atomic E-state index is -0.832. The Morgan fingerprint density at radius 2 is 1.80 bits per heavy atom. The molecule has 0 bridgehead atoms. The quantitative estimate of drug-likeness (QED) is 0.693. The van der Waals surface area contributed by atoms with Gasteiger partial charge in [0.15, 0.2) is 0 Å². The fourth-order valence-electron chi connectivity index (χ4n) is 2.54. The molecule has 0 saturated heterocycles. The molecule has 2 rings (SSSR count). The minimum Gasteiger partial charge on any atom is -0.467 e. The molecule has 1 aromatic carbocycles. The van der Waals surface area contributed by atoms with Crippen LogP contribution in [0.1, 0.15) is 32.8 Å². The van der Waals surface area contributed by atoms with Gasteiger partial charge in [0.05, 0.1) is 7.11 Å². The minimum absolute atomic E-state index is 0.269. The predicted octanol–water partition coefficient (Wildman–Crippen LogP) is 3.71. The van der Waals surface area contributed by atoms with E-state index in [-0.39, 0.29) is 6.42 Å². The Morgan fingerprint density at radius 1 is 1.17 bits per heavy atom. The molecule has 160 valence electrons. The average molecular weight is 412 g/mol. The molecule has 0 aliphatic carbocycles. The summed E-state index contributed by atoms with van der Waals surface area (Å²) >= 11 is 0. The molecule has 0 saturated carbocycles. The molecule has 0 spiro atoms. The topological polar surface area (TPSA) is 93.6 Å². The number of nitrogens with zero attached hydrogens (tertiary/aromatic N) is 3. The molecule has 1 atom stereocenters. The first kappa shape index (κ1) is 22.9. The lowest BCUT2D eigenvalue weighted by molar-refractivity contribution is -0.143. The summed E-state index contributed by atoms with van der Waals surface area (Å²) in [6.07, 6.45) is 6.67. The summed E-state index contributed by atoms with van der Waals surface area (Å²) in [4.78, 5) is 34.3. The zero-order chi connectivity index (χ0) is 22.1. The first-order chi connectivity index (χ1) is 14.2. The molecule has 1 N–H and O–H groups in total. The summed E-state index contributed by atoms with van der Waals surface area (Å²) in [6, 6.07) is 8.73. The Balaban J connectivity index is 1.99. The van der Waals surface area contributed by atoms with Crippen molar-refractivity contribution in [1.29, 1.82) is 0 Å². The number of amides is 1. The standard InChI is InChI=1S/C22H28N4O4/c1-22(2,3)30-21(28)25-18(19(27)29-5)9-6-8-16-10-12-17(13-11-16)26(4)20-23-14-7-15-24-20/h6-8,10-15,18H,9H2,1-5H3,(H,25,28). The highest BCUT2D eigenvalue weighted by molar-refractivity contribution is 5.81. The molecule has 8 heteroatoms. The van der Waals surface area contributed by atoms with Crippen LogP contribution in [-0.2, 0) is 14.3 Å². The molecule has 1 unspecified atom stereocenters. The molecule has 8 nitrogen and oxygen atoms in total. The van der Waals surface area contributed by atoms with Crippen molar-refractivity contribution in [2.24, 2.45) is 0 Å². The van der Waals surface area contributed by atoms with Crippen LogP contribution in [0.15, 0.2) is 48.8 Å². The van der Waals surface area contributed by atoms with E-state index in [2.05, 4.69) is 15.3 Å². The zero-order valence-electron chi connectivity index (χ0n) is 18.0. The zero-order valence-corrected chi connectivity index (χ0v) is 18.0. The average Bonchev–Trinajstić information content (AvgIpc) is 2.71. The number of hydrogen-bond donors (Lipinski definition) is 1. The van der Waals surface area contributed by atoms with Crippen molar-refractivity contribution in [1.82, 2.24) is 15.3 Å². The van der Waals surface area contributed by atoms with Gasteiger partial charge in [0.2, 0.25) is 5.95 Å². The molecule has 0 aliphatic rings. The molecule has 1 heterocycles. The molecule has 1 amide bonds. The summed E-state index contributed by atoms with van der Waals surface area (Å²) in [5, 5.41) is 2.55. The number of rotatable bonds is 7. The third-order valence-corrected chi connectivity index (χ3v) is 3.99. The molecule has 2 aromatic rings. The maximum atomic E-state index is 12.0. The smallest absolute Gasteiger partial charge is 0.408 e. The summed E-state index contributed by atoms with van der Waals surface area (Å²) in [6.45, 7) is 5.26. The van der Waals surface area contributed by atoms with Crippen molar-refractivity contribution in [3.8, 4) is 0 Å². The van der Waals surface area contributed by atoms with Gasteiger partial charge in [0, 0.05) is 25.1 Å². The van der Waals surface area contributed by atoms with E-state index < -0.39 is 23.7 Å². The second-order valence-corrected chi connectivity index (χ2v) is 7.56. The van der Waals surface area contributed by atoms with Gasteiger partial charge in [-0.1, -0.05) is 24.3 Å². The summed E-state index contributed by atoms with van der Waals surface area (Å²) < 4.78 is 9.97. The molecule has 0 fully saturated rings. The van der Waals surface area contributed by atoms with E-state index in [0.717, 1.165) is 11.3 Å². The first-order valence-corrected chi connectivity index (χ1v) is 9.54. The second-order valence-electron chi connectivity index (χ2n) is 7.56. The SMILES string of the molecule is COC(=O)C(CC=Cc1ccc(N(C)c2ncccn2)cc1)NC(=O)OC(C)(C)C. The lowest BCUT2D eigenvalue weighted by Crippen LogP contribution is -2.43. The molecular formula is C22H28N4O4. The van der Waals surface area contributed by atoms with Gasteiger partial charge in [-0.3, -0.25) is 0 Å². The molecule has 1 aromatic heterocycles. The lowest BCUT2D eigenvalue weighted by Gasteiger charge is -2.22. The Morgan fingerprint density at radius 3 is 2.37 bits per heavy atom. The van der Waals surface area contributed by atoms with E-state index in [4.69, 9.17) is 9.47 Å². The Labute approximate surface area is 176 Å². The van der Waals surface area contributed by atoms with E-state index in [1.165, 1.54) is 7.11 Å². The van der Waals surface area contributed by atoms with Crippen LogP contribution >= 0.6 is 0 Å². The summed E-state index contributed by atoms with van der Waals surface area (Å²) in [5.41, 5.74) is 1.24. The monoisotopic (exact) mass is 412 g/mol. The van der Waals surface area contributed by atoms with Crippen molar-refractivity contribution < 1.29 is 19.1 Å². The third kappa shape index (κ3) is 7.20. The van der Waals surface area contributed by atoms with Gasteiger partial charge in [0.25, 0.3) is 0 Å². The molecular weight excluding hydrogens is 384 g/mol. The highest BCUT2D eigenvalue weighted by atomic mass is 16.6. The van der Waals surface area contributed by atoms with Gasteiger partial charge >= 0.3 is 12.1 Å². The number of carbonyl (C=O) groups is 2. The van der Waals surface area contributed by atoms with E-state index >= 15 is 0 Å². The van der Waals surface area contributed by atoms with E-state index in [9.17, 15) is 9.59 Å². The van der Waals surface area contributed by atoms with Crippen molar-refractivity contribution >= 4 is 29.8 Å². The third-order valence-electron chi connectivity index (χ3n) is 3.99. The number of hydrogen-bond acceptors (Lipinski definition) is 7. The van der Waals surface area contributed by atoms with Crippen molar-refractivity contribution in [2.45, 2.75) is 38.8 Å². The van der Waals surface area contributed by atoms with Crippen molar-refractivity contribution in [3.63, 3.8) is 0 Å². The number of aromatic nitrogens is 2. The fourth-order valence-corrected chi connectivity index (χ4v) is 2.54. The number of alkyl carbamates (subject to hydrolysis) is 1. The van der Waals surface area contributed by atoms with Crippen LogP contribution in [0.4, 0.5) is 16.4 Å².